The second kappa shape index (κ2) is 6.70. The highest BCUT2D eigenvalue weighted by Crippen LogP contribution is 2.15. The number of amides is 2. The predicted octanol–water partition coefficient (Wildman–Crippen LogP) is 2.14. The van der Waals surface area contributed by atoms with Crippen LogP contribution in [-0.4, -0.2) is 41.6 Å². The van der Waals surface area contributed by atoms with Crippen molar-refractivity contribution in [3.05, 3.63) is 11.6 Å². The normalized spacial score (nSPS) is 20.6. The molecule has 2 heterocycles. The SMILES string of the molecule is C[C@H]1CCCCN1CCNC(=O)Nc1nccs1. The van der Waals surface area contributed by atoms with Crippen LogP contribution >= 0.6 is 11.3 Å². The smallest absolute Gasteiger partial charge is 0.321 e. The second-order valence-corrected chi connectivity index (χ2v) is 5.49. The Balaban J connectivity index is 1.64. The first-order valence-electron chi connectivity index (χ1n) is 6.44. The van der Waals surface area contributed by atoms with E-state index in [0.717, 1.165) is 13.1 Å². The van der Waals surface area contributed by atoms with Crippen LogP contribution in [0, 0.1) is 0 Å². The zero-order valence-corrected chi connectivity index (χ0v) is 11.5. The first kappa shape index (κ1) is 13.3. The van der Waals surface area contributed by atoms with Gasteiger partial charge in [-0.25, -0.2) is 9.78 Å². The summed E-state index contributed by atoms with van der Waals surface area (Å²) in [5, 5.41) is 8.05. The Morgan fingerprint density at radius 1 is 1.61 bits per heavy atom. The summed E-state index contributed by atoms with van der Waals surface area (Å²) in [6.07, 6.45) is 5.55. The lowest BCUT2D eigenvalue weighted by molar-refractivity contribution is 0.162. The van der Waals surface area contributed by atoms with Gasteiger partial charge >= 0.3 is 6.03 Å². The number of carbonyl (C=O) groups excluding carboxylic acids is 1. The van der Waals surface area contributed by atoms with E-state index in [1.165, 1.54) is 30.6 Å². The fourth-order valence-electron chi connectivity index (χ4n) is 2.23. The number of anilines is 1. The van der Waals surface area contributed by atoms with Crippen molar-refractivity contribution in [2.24, 2.45) is 0 Å². The van der Waals surface area contributed by atoms with Crippen LogP contribution in [0.2, 0.25) is 0 Å². The van der Waals surface area contributed by atoms with E-state index in [2.05, 4.69) is 27.4 Å². The highest BCUT2D eigenvalue weighted by atomic mass is 32.1. The summed E-state index contributed by atoms with van der Waals surface area (Å²) in [6, 6.07) is 0.470. The van der Waals surface area contributed by atoms with Crippen molar-refractivity contribution >= 4 is 22.5 Å². The number of hydrogen-bond donors (Lipinski definition) is 2. The van der Waals surface area contributed by atoms with Crippen molar-refractivity contribution in [3.63, 3.8) is 0 Å². The standard InChI is InChI=1S/C12H20N4OS/c1-10-4-2-3-7-16(10)8-5-13-11(17)15-12-14-6-9-18-12/h6,9-10H,2-5,7-8H2,1H3,(H2,13,14,15,17)/t10-/m0/s1. The molecule has 1 atom stereocenters. The molecule has 0 unspecified atom stereocenters. The molecule has 6 heteroatoms. The van der Waals surface area contributed by atoms with E-state index in [1.807, 2.05) is 5.38 Å². The lowest BCUT2D eigenvalue weighted by Crippen LogP contribution is -2.43. The van der Waals surface area contributed by atoms with Gasteiger partial charge < -0.3 is 5.32 Å². The third kappa shape index (κ3) is 3.96. The molecule has 2 N–H and O–H groups in total. The van der Waals surface area contributed by atoms with Gasteiger partial charge in [-0.3, -0.25) is 10.2 Å². The molecule has 100 valence electrons. The quantitative estimate of drug-likeness (QED) is 0.879. The van der Waals surface area contributed by atoms with Crippen molar-refractivity contribution in [3.8, 4) is 0 Å². The summed E-state index contributed by atoms with van der Waals surface area (Å²) in [5.74, 6) is 0. The van der Waals surface area contributed by atoms with Crippen LogP contribution in [0.1, 0.15) is 26.2 Å². The molecule has 1 fully saturated rings. The summed E-state index contributed by atoms with van der Waals surface area (Å²) in [4.78, 5) is 18.0. The second-order valence-electron chi connectivity index (χ2n) is 4.60. The molecule has 1 aromatic heterocycles. The molecule has 0 saturated carbocycles. The van der Waals surface area contributed by atoms with E-state index in [9.17, 15) is 4.79 Å². The zero-order valence-electron chi connectivity index (χ0n) is 10.7. The highest BCUT2D eigenvalue weighted by Gasteiger charge is 2.17. The number of hydrogen-bond acceptors (Lipinski definition) is 4. The minimum atomic E-state index is -0.172. The van der Waals surface area contributed by atoms with Gasteiger partial charge in [-0.1, -0.05) is 6.42 Å². The molecular weight excluding hydrogens is 248 g/mol. The molecule has 0 bridgehead atoms. The Kier molecular flexibility index (Phi) is 4.95. The molecule has 1 aromatic rings. The monoisotopic (exact) mass is 268 g/mol. The molecular formula is C12H20N4OS. The van der Waals surface area contributed by atoms with Gasteiger partial charge in [0.15, 0.2) is 5.13 Å². The fourth-order valence-corrected chi connectivity index (χ4v) is 2.75. The van der Waals surface area contributed by atoms with Gasteiger partial charge in [0.1, 0.15) is 0 Å². The average Bonchev–Trinajstić information content (AvgIpc) is 2.84. The summed E-state index contributed by atoms with van der Waals surface area (Å²) >= 11 is 1.42. The van der Waals surface area contributed by atoms with E-state index < -0.39 is 0 Å². The molecule has 0 aliphatic carbocycles. The maximum Gasteiger partial charge on any atom is 0.321 e. The summed E-state index contributed by atoms with van der Waals surface area (Å²) < 4.78 is 0. The Hall–Kier alpha value is -1.14. The minimum absolute atomic E-state index is 0.172. The first-order chi connectivity index (χ1) is 8.75. The zero-order chi connectivity index (χ0) is 12.8. The maximum absolute atomic E-state index is 11.6. The van der Waals surface area contributed by atoms with Crippen LogP contribution in [0.25, 0.3) is 0 Å². The van der Waals surface area contributed by atoms with E-state index in [0.29, 0.717) is 17.7 Å². The van der Waals surface area contributed by atoms with Crippen LogP contribution in [-0.2, 0) is 0 Å². The van der Waals surface area contributed by atoms with Crippen molar-refractivity contribution in [1.82, 2.24) is 15.2 Å². The van der Waals surface area contributed by atoms with E-state index >= 15 is 0 Å². The summed E-state index contributed by atoms with van der Waals surface area (Å²) in [7, 11) is 0. The van der Waals surface area contributed by atoms with Crippen molar-refractivity contribution in [2.75, 3.05) is 25.0 Å². The van der Waals surface area contributed by atoms with Crippen LogP contribution in [0.4, 0.5) is 9.93 Å². The van der Waals surface area contributed by atoms with Gasteiger partial charge in [-0.15, -0.1) is 11.3 Å². The topological polar surface area (TPSA) is 57.3 Å². The van der Waals surface area contributed by atoms with Crippen LogP contribution < -0.4 is 10.6 Å². The number of likely N-dealkylation sites (tertiary alicyclic amines) is 1. The molecule has 0 spiro atoms. The Morgan fingerprint density at radius 2 is 2.50 bits per heavy atom. The fraction of sp³-hybridized carbons (Fsp3) is 0.667. The van der Waals surface area contributed by atoms with Gasteiger partial charge in [-0.05, 0) is 26.3 Å². The molecule has 5 nitrogen and oxygen atoms in total. The number of nitrogens with one attached hydrogen (secondary N) is 2. The average molecular weight is 268 g/mol. The predicted molar refractivity (Wildman–Crippen MR) is 74.0 cm³/mol. The lowest BCUT2D eigenvalue weighted by atomic mass is 10.0. The molecule has 1 aliphatic rings. The molecule has 18 heavy (non-hydrogen) atoms. The third-order valence-corrected chi connectivity index (χ3v) is 3.97. The molecule has 2 rings (SSSR count). The van der Waals surface area contributed by atoms with Gasteiger partial charge in [0.05, 0.1) is 0 Å². The summed E-state index contributed by atoms with van der Waals surface area (Å²) in [5.41, 5.74) is 0. The van der Waals surface area contributed by atoms with E-state index in [4.69, 9.17) is 0 Å². The largest absolute Gasteiger partial charge is 0.337 e. The summed E-state index contributed by atoms with van der Waals surface area (Å²) in [6.45, 7) is 5.01. The number of carbonyl (C=O) groups is 1. The Labute approximate surface area is 112 Å². The Bertz CT molecular complexity index is 368. The number of urea groups is 1. The number of thiazole rings is 1. The van der Waals surface area contributed by atoms with Crippen LogP contribution in [0.5, 0.6) is 0 Å². The number of rotatable bonds is 4. The first-order valence-corrected chi connectivity index (χ1v) is 7.32. The number of piperidine rings is 1. The molecule has 0 radical (unpaired) electrons. The molecule has 2 amide bonds. The van der Waals surface area contributed by atoms with E-state index in [1.54, 1.807) is 6.20 Å². The van der Waals surface area contributed by atoms with Crippen molar-refractivity contribution in [2.45, 2.75) is 32.2 Å². The highest BCUT2D eigenvalue weighted by molar-refractivity contribution is 7.13. The third-order valence-electron chi connectivity index (χ3n) is 3.28. The minimum Gasteiger partial charge on any atom is -0.337 e. The molecule has 1 saturated heterocycles. The number of nitrogens with zero attached hydrogens (tertiary/aromatic N) is 2. The lowest BCUT2D eigenvalue weighted by Gasteiger charge is -2.33. The van der Waals surface area contributed by atoms with Gasteiger partial charge in [0.2, 0.25) is 0 Å². The Morgan fingerprint density at radius 3 is 3.22 bits per heavy atom. The van der Waals surface area contributed by atoms with E-state index in [-0.39, 0.29) is 6.03 Å². The van der Waals surface area contributed by atoms with Crippen LogP contribution in [0.3, 0.4) is 0 Å². The van der Waals surface area contributed by atoms with Crippen LogP contribution in [0.15, 0.2) is 11.6 Å². The molecule has 1 aliphatic heterocycles. The maximum atomic E-state index is 11.6. The number of aromatic nitrogens is 1. The van der Waals surface area contributed by atoms with Crippen molar-refractivity contribution in [1.29, 1.82) is 0 Å². The van der Waals surface area contributed by atoms with Crippen molar-refractivity contribution < 1.29 is 4.79 Å². The van der Waals surface area contributed by atoms with Gasteiger partial charge in [-0.2, -0.15) is 0 Å². The molecule has 0 aromatic carbocycles. The van der Waals surface area contributed by atoms with Gasteiger partial charge in [0, 0.05) is 30.7 Å². The van der Waals surface area contributed by atoms with Gasteiger partial charge in [0.25, 0.3) is 0 Å².